The molecule has 0 unspecified atom stereocenters. The maximum atomic E-state index is 11.1. The van der Waals surface area contributed by atoms with Gasteiger partial charge in [0, 0.05) is 30.1 Å². The van der Waals surface area contributed by atoms with Gasteiger partial charge in [0.2, 0.25) is 10.0 Å². The fraction of sp³-hybridized carbons (Fsp3) is 0.538. The van der Waals surface area contributed by atoms with Crippen LogP contribution >= 0.6 is 11.8 Å². The van der Waals surface area contributed by atoms with Crippen molar-refractivity contribution >= 4 is 21.8 Å². The number of ether oxygens (including phenoxy) is 1. The van der Waals surface area contributed by atoms with Gasteiger partial charge in [-0.15, -0.1) is 0 Å². The van der Waals surface area contributed by atoms with E-state index in [-0.39, 0.29) is 4.90 Å². The van der Waals surface area contributed by atoms with E-state index < -0.39 is 10.0 Å². The van der Waals surface area contributed by atoms with Gasteiger partial charge in [-0.05, 0) is 30.7 Å². The van der Waals surface area contributed by atoms with Crippen LogP contribution in [-0.4, -0.2) is 50.1 Å². The standard InChI is InChI=1S/C13H18N2O3S2/c14-20(16,17)13-3-1-11(2-4-13)18-6-5-15-8-12-7-10(15)9-19-12/h1-4,10,12H,5-9H2,(H2,14,16,17)/t10-,12-/m0/s1. The van der Waals surface area contributed by atoms with Crippen molar-refractivity contribution in [3.8, 4) is 5.75 Å². The Morgan fingerprint density at radius 3 is 2.65 bits per heavy atom. The zero-order valence-electron chi connectivity index (χ0n) is 11.1. The van der Waals surface area contributed by atoms with E-state index in [1.165, 1.54) is 30.9 Å². The minimum absolute atomic E-state index is 0.110. The molecule has 110 valence electrons. The van der Waals surface area contributed by atoms with Crippen molar-refractivity contribution in [1.82, 2.24) is 4.90 Å². The first-order chi connectivity index (χ1) is 9.52. The fourth-order valence-electron chi connectivity index (χ4n) is 2.76. The molecule has 1 aromatic rings. The second-order valence-electron chi connectivity index (χ2n) is 5.20. The van der Waals surface area contributed by atoms with Crippen LogP contribution in [0.3, 0.4) is 0 Å². The molecule has 1 aromatic carbocycles. The van der Waals surface area contributed by atoms with E-state index in [0.717, 1.165) is 17.8 Å². The van der Waals surface area contributed by atoms with Crippen molar-refractivity contribution in [2.24, 2.45) is 5.14 Å². The van der Waals surface area contributed by atoms with Gasteiger partial charge in [-0.2, -0.15) is 11.8 Å². The van der Waals surface area contributed by atoms with Crippen LogP contribution in [0.4, 0.5) is 0 Å². The predicted octanol–water partition coefficient (Wildman–Crippen LogP) is 0.902. The van der Waals surface area contributed by atoms with Crippen molar-refractivity contribution in [2.45, 2.75) is 22.6 Å². The first-order valence-corrected chi connectivity index (χ1v) is 9.23. The molecule has 3 rings (SSSR count). The highest BCUT2D eigenvalue weighted by Crippen LogP contribution is 2.37. The number of thioether (sulfide) groups is 1. The number of rotatable bonds is 5. The number of hydrogen-bond donors (Lipinski definition) is 1. The second kappa shape index (κ2) is 5.55. The lowest BCUT2D eigenvalue weighted by atomic mass is 10.2. The lowest BCUT2D eigenvalue weighted by Crippen LogP contribution is -2.36. The van der Waals surface area contributed by atoms with Crippen LogP contribution in [0, 0.1) is 0 Å². The number of sulfonamides is 1. The first-order valence-electron chi connectivity index (χ1n) is 6.64. The summed E-state index contributed by atoms with van der Waals surface area (Å²) in [6, 6.07) is 6.95. The van der Waals surface area contributed by atoms with E-state index >= 15 is 0 Å². The quantitative estimate of drug-likeness (QED) is 0.874. The van der Waals surface area contributed by atoms with Crippen molar-refractivity contribution in [1.29, 1.82) is 0 Å². The fourth-order valence-corrected chi connectivity index (χ4v) is 4.77. The molecule has 2 fully saturated rings. The van der Waals surface area contributed by atoms with Crippen LogP contribution in [0.15, 0.2) is 29.2 Å². The molecular formula is C13H18N2O3S2. The number of nitrogens with zero attached hydrogens (tertiary/aromatic N) is 1. The van der Waals surface area contributed by atoms with Gasteiger partial charge in [0.1, 0.15) is 12.4 Å². The van der Waals surface area contributed by atoms with Crippen molar-refractivity contribution in [2.75, 3.05) is 25.4 Å². The molecule has 7 heteroatoms. The summed E-state index contributed by atoms with van der Waals surface area (Å²) in [5.74, 6) is 1.92. The zero-order valence-corrected chi connectivity index (χ0v) is 12.7. The Labute approximate surface area is 123 Å². The SMILES string of the molecule is NS(=O)(=O)c1ccc(OCCN2C[C@@H]3C[C@H]2CS3)cc1. The van der Waals surface area contributed by atoms with Gasteiger partial charge in [0.05, 0.1) is 4.90 Å². The maximum absolute atomic E-state index is 11.1. The van der Waals surface area contributed by atoms with E-state index in [9.17, 15) is 8.42 Å². The van der Waals surface area contributed by atoms with Crippen molar-refractivity contribution in [3.05, 3.63) is 24.3 Å². The number of likely N-dealkylation sites (tertiary alicyclic amines) is 1. The highest BCUT2D eigenvalue weighted by molar-refractivity contribution is 8.00. The average molecular weight is 314 g/mol. The Balaban J connectivity index is 1.49. The van der Waals surface area contributed by atoms with E-state index in [4.69, 9.17) is 9.88 Å². The molecule has 0 spiro atoms. The molecule has 2 N–H and O–H groups in total. The average Bonchev–Trinajstić information content (AvgIpc) is 3.00. The Kier molecular flexibility index (Phi) is 3.94. The maximum Gasteiger partial charge on any atom is 0.238 e. The molecule has 0 amide bonds. The molecule has 0 saturated carbocycles. The molecule has 2 aliphatic heterocycles. The smallest absolute Gasteiger partial charge is 0.238 e. The van der Waals surface area contributed by atoms with E-state index in [0.29, 0.717) is 12.4 Å². The largest absolute Gasteiger partial charge is 0.492 e. The van der Waals surface area contributed by atoms with Crippen molar-refractivity contribution in [3.63, 3.8) is 0 Å². The zero-order chi connectivity index (χ0) is 14.2. The van der Waals surface area contributed by atoms with Crippen LogP contribution in [0.25, 0.3) is 0 Å². The highest BCUT2D eigenvalue weighted by Gasteiger charge is 2.37. The number of benzene rings is 1. The Hall–Kier alpha value is -0.760. The van der Waals surface area contributed by atoms with Gasteiger partial charge >= 0.3 is 0 Å². The Bertz CT molecular complexity index is 574. The molecule has 2 heterocycles. The number of primary sulfonamides is 1. The molecule has 2 atom stereocenters. The van der Waals surface area contributed by atoms with E-state index in [1.54, 1.807) is 12.1 Å². The topological polar surface area (TPSA) is 72.6 Å². The lowest BCUT2D eigenvalue weighted by Gasteiger charge is -2.26. The molecule has 0 aliphatic carbocycles. The van der Waals surface area contributed by atoms with E-state index in [1.807, 2.05) is 0 Å². The van der Waals surface area contributed by atoms with Gasteiger partial charge in [-0.3, -0.25) is 4.90 Å². The second-order valence-corrected chi connectivity index (χ2v) is 8.10. The summed E-state index contributed by atoms with van der Waals surface area (Å²) in [6.45, 7) is 2.73. The summed E-state index contributed by atoms with van der Waals surface area (Å²) < 4.78 is 27.9. The monoisotopic (exact) mass is 314 g/mol. The summed E-state index contributed by atoms with van der Waals surface area (Å²) in [4.78, 5) is 2.60. The molecular weight excluding hydrogens is 296 g/mol. The highest BCUT2D eigenvalue weighted by atomic mass is 32.2. The molecule has 0 aromatic heterocycles. The summed E-state index contributed by atoms with van der Waals surface area (Å²) in [6.07, 6.45) is 1.31. The minimum Gasteiger partial charge on any atom is -0.492 e. The third-order valence-electron chi connectivity index (χ3n) is 3.81. The molecule has 5 nitrogen and oxygen atoms in total. The van der Waals surface area contributed by atoms with Crippen LogP contribution in [0.5, 0.6) is 5.75 Å². The number of nitrogens with two attached hydrogens (primary N) is 1. The van der Waals surface area contributed by atoms with Crippen LogP contribution in [0.2, 0.25) is 0 Å². The lowest BCUT2D eigenvalue weighted by molar-refractivity contribution is 0.205. The van der Waals surface area contributed by atoms with Crippen molar-refractivity contribution < 1.29 is 13.2 Å². The Morgan fingerprint density at radius 1 is 1.35 bits per heavy atom. The third-order valence-corrected chi connectivity index (χ3v) is 6.13. The first kappa shape index (κ1) is 14.2. The molecule has 2 aliphatic rings. The molecule has 20 heavy (non-hydrogen) atoms. The summed E-state index contributed by atoms with van der Waals surface area (Å²) in [5, 5.41) is 5.86. The van der Waals surface area contributed by atoms with Crippen LogP contribution in [0.1, 0.15) is 6.42 Å². The van der Waals surface area contributed by atoms with Crippen LogP contribution < -0.4 is 9.88 Å². The van der Waals surface area contributed by atoms with Gasteiger partial charge < -0.3 is 4.74 Å². The summed E-state index contributed by atoms with van der Waals surface area (Å²) >= 11 is 2.08. The van der Waals surface area contributed by atoms with Gasteiger partial charge in [-0.1, -0.05) is 0 Å². The van der Waals surface area contributed by atoms with Crippen LogP contribution in [-0.2, 0) is 10.0 Å². The minimum atomic E-state index is -3.63. The number of fused-ring (bicyclic) bond motifs is 2. The van der Waals surface area contributed by atoms with Gasteiger partial charge in [0.15, 0.2) is 0 Å². The molecule has 2 saturated heterocycles. The van der Waals surface area contributed by atoms with Gasteiger partial charge in [-0.25, -0.2) is 13.6 Å². The normalized spacial score (nSPS) is 26.1. The van der Waals surface area contributed by atoms with E-state index in [2.05, 4.69) is 16.7 Å². The number of hydrogen-bond acceptors (Lipinski definition) is 5. The predicted molar refractivity (Wildman–Crippen MR) is 79.5 cm³/mol. The van der Waals surface area contributed by atoms with Gasteiger partial charge in [0.25, 0.3) is 0 Å². The molecule has 0 radical (unpaired) electrons. The summed E-state index contributed by atoms with van der Waals surface area (Å²) in [7, 11) is -3.63. The third kappa shape index (κ3) is 3.11. The summed E-state index contributed by atoms with van der Waals surface area (Å²) in [5.41, 5.74) is 0. The Morgan fingerprint density at radius 2 is 2.10 bits per heavy atom. The molecule has 2 bridgehead atoms.